The summed E-state index contributed by atoms with van der Waals surface area (Å²) in [5.41, 5.74) is 1.35. The lowest BCUT2D eigenvalue weighted by molar-refractivity contribution is -0.146. The molecule has 0 unspecified atom stereocenters. The van der Waals surface area contributed by atoms with Crippen molar-refractivity contribution in [2.45, 2.75) is 39.5 Å². The predicted octanol–water partition coefficient (Wildman–Crippen LogP) is 2.63. The van der Waals surface area contributed by atoms with E-state index in [2.05, 4.69) is 43.4 Å². The summed E-state index contributed by atoms with van der Waals surface area (Å²) in [5.74, 6) is 0.309. The zero-order valence-electron chi connectivity index (χ0n) is 14.3. The van der Waals surface area contributed by atoms with Gasteiger partial charge in [-0.15, -0.1) is 0 Å². The molecule has 4 heteroatoms. The fraction of sp³-hybridized carbons (Fsp3) is 0.579. The van der Waals surface area contributed by atoms with Gasteiger partial charge in [-0.1, -0.05) is 44.2 Å². The Balaban J connectivity index is 1.73. The molecule has 126 valence electrons. The summed E-state index contributed by atoms with van der Waals surface area (Å²) in [7, 11) is 0. The first-order chi connectivity index (χ1) is 11.1. The molecule has 0 spiro atoms. The Hall–Kier alpha value is -1.84. The van der Waals surface area contributed by atoms with Crippen LogP contribution in [-0.2, 0) is 16.0 Å². The summed E-state index contributed by atoms with van der Waals surface area (Å²) in [6, 6.07) is 10.5. The highest BCUT2D eigenvalue weighted by Crippen LogP contribution is 2.21. The summed E-state index contributed by atoms with van der Waals surface area (Å²) >= 11 is 0. The molecule has 0 radical (unpaired) electrons. The molecule has 23 heavy (non-hydrogen) atoms. The number of hydrogen-bond acceptors (Lipinski definition) is 2. The van der Waals surface area contributed by atoms with Crippen LogP contribution in [0.1, 0.15) is 38.7 Å². The van der Waals surface area contributed by atoms with Crippen LogP contribution in [0.2, 0.25) is 0 Å². The van der Waals surface area contributed by atoms with Crippen LogP contribution >= 0.6 is 0 Å². The third-order valence-corrected chi connectivity index (χ3v) is 4.47. The quantitative estimate of drug-likeness (QED) is 0.849. The summed E-state index contributed by atoms with van der Waals surface area (Å²) in [4.78, 5) is 25.7. The van der Waals surface area contributed by atoms with Crippen molar-refractivity contribution in [2.24, 2.45) is 11.8 Å². The highest BCUT2D eigenvalue weighted by atomic mass is 16.2. The van der Waals surface area contributed by atoms with Gasteiger partial charge in [0.2, 0.25) is 0 Å². The number of nitrogens with one attached hydrogen (secondary N) is 1. The minimum Gasteiger partial charge on any atom is -0.348 e. The zero-order valence-corrected chi connectivity index (χ0v) is 14.3. The van der Waals surface area contributed by atoms with Crippen molar-refractivity contribution in [3.63, 3.8) is 0 Å². The number of amides is 2. The van der Waals surface area contributed by atoms with E-state index in [9.17, 15) is 9.59 Å². The molecule has 1 fully saturated rings. The van der Waals surface area contributed by atoms with Crippen molar-refractivity contribution in [3.05, 3.63) is 35.9 Å². The molecule has 4 nitrogen and oxygen atoms in total. The highest BCUT2D eigenvalue weighted by Gasteiger charge is 2.26. The number of nitrogens with zero attached hydrogens (tertiary/aromatic N) is 1. The predicted molar refractivity (Wildman–Crippen MR) is 91.9 cm³/mol. The van der Waals surface area contributed by atoms with Crippen LogP contribution in [0.15, 0.2) is 30.3 Å². The van der Waals surface area contributed by atoms with Crippen molar-refractivity contribution in [3.8, 4) is 0 Å². The van der Waals surface area contributed by atoms with Gasteiger partial charge in [0, 0.05) is 19.6 Å². The Labute approximate surface area is 139 Å². The lowest BCUT2D eigenvalue weighted by Crippen LogP contribution is -2.46. The van der Waals surface area contributed by atoms with E-state index >= 15 is 0 Å². The van der Waals surface area contributed by atoms with Crippen molar-refractivity contribution < 1.29 is 9.59 Å². The maximum absolute atomic E-state index is 12.2. The molecular weight excluding hydrogens is 288 g/mol. The lowest BCUT2D eigenvalue weighted by atomic mass is 9.90. The number of piperidine rings is 1. The van der Waals surface area contributed by atoms with E-state index in [4.69, 9.17) is 0 Å². The second-order valence-electron chi connectivity index (χ2n) is 6.86. The molecule has 0 aliphatic carbocycles. The second kappa shape index (κ2) is 8.70. The third-order valence-electron chi connectivity index (χ3n) is 4.47. The van der Waals surface area contributed by atoms with Crippen LogP contribution < -0.4 is 5.32 Å². The first kappa shape index (κ1) is 17.5. The lowest BCUT2D eigenvalue weighted by Gasteiger charge is -2.31. The first-order valence-corrected chi connectivity index (χ1v) is 8.67. The molecule has 0 saturated carbocycles. The summed E-state index contributed by atoms with van der Waals surface area (Å²) in [6.45, 7) is 6.16. The van der Waals surface area contributed by atoms with Crippen molar-refractivity contribution in [1.82, 2.24) is 10.2 Å². The topological polar surface area (TPSA) is 49.4 Å². The fourth-order valence-electron chi connectivity index (χ4n) is 2.98. The zero-order chi connectivity index (χ0) is 16.7. The van der Waals surface area contributed by atoms with Crippen LogP contribution in [0, 0.1) is 11.8 Å². The van der Waals surface area contributed by atoms with Crippen LogP contribution in [0.3, 0.4) is 0 Å². The van der Waals surface area contributed by atoms with Gasteiger partial charge in [-0.05, 0) is 43.1 Å². The van der Waals surface area contributed by atoms with Gasteiger partial charge in [-0.25, -0.2) is 0 Å². The van der Waals surface area contributed by atoms with E-state index in [0.717, 1.165) is 25.7 Å². The number of likely N-dealkylation sites (tertiary alicyclic amines) is 1. The molecular formula is C19H28N2O2. The van der Waals surface area contributed by atoms with Crippen molar-refractivity contribution in [1.29, 1.82) is 0 Å². The maximum atomic E-state index is 12.2. The second-order valence-corrected chi connectivity index (χ2v) is 6.86. The SMILES string of the molecule is CC(C)CCNC(=O)C(=O)N1CCC(Cc2ccccc2)CC1. The van der Waals surface area contributed by atoms with Crippen LogP contribution in [-0.4, -0.2) is 36.3 Å². The minimum absolute atomic E-state index is 0.369. The molecule has 1 N–H and O–H groups in total. The van der Waals surface area contributed by atoms with Crippen molar-refractivity contribution in [2.75, 3.05) is 19.6 Å². The molecule has 1 aliphatic heterocycles. The van der Waals surface area contributed by atoms with E-state index in [0.29, 0.717) is 31.5 Å². The molecule has 1 aromatic rings. The number of benzene rings is 1. The van der Waals surface area contributed by atoms with E-state index in [1.165, 1.54) is 5.56 Å². The summed E-state index contributed by atoms with van der Waals surface area (Å²) in [6.07, 6.45) is 3.90. The molecule has 1 aliphatic rings. The molecule has 1 aromatic carbocycles. The number of rotatable bonds is 5. The largest absolute Gasteiger partial charge is 0.348 e. The Morgan fingerprint density at radius 3 is 2.43 bits per heavy atom. The molecule has 0 atom stereocenters. The van der Waals surface area contributed by atoms with E-state index in [1.54, 1.807) is 4.90 Å². The number of hydrogen-bond donors (Lipinski definition) is 1. The molecule has 0 aromatic heterocycles. The third kappa shape index (κ3) is 5.70. The maximum Gasteiger partial charge on any atom is 0.311 e. The van der Waals surface area contributed by atoms with Gasteiger partial charge >= 0.3 is 11.8 Å². The molecule has 2 amide bonds. The van der Waals surface area contributed by atoms with Crippen LogP contribution in [0.4, 0.5) is 0 Å². The molecule has 1 heterocycles. The van der Waals surface area contributed by atoms with Gasteiger partial charge in [-0.2, -0.15) is 0 Å². The van der Waals surface area contributed by atoms with Crippen LogP contribution in [0.25, 0.3) is 0 Å². The fourth-order valence-corrected chi connectivity index (χ4v) is 2.98. The van der Waals surface area contributed by atoms with E-state index < -0.39 is 5.91 Å². The summed E-state index contributed by atoms with van der Waals surface area (Å²) in [5, 5.41) is 2.73. The highest BCUT2D eigenvalue weighted by molar-refractivity contribution is 6.35. The average Bonchev–Trinajstić information content (AvgIpc) is 2.55. The standard InChI is InChI=1S/C19H28N2O2/c1-15(2)8-11-20-18(22)19(23)21-12-9-17(10-13-21)14-16-6-4-3-5-7-16/h3-7,15,17H,8-14H2,1-2H3,(H,20,22). The van der Waals surface area contributed by atoms with E-state index in [1.807, 2.05) is 6.07 Å². The molecule has 2 rings (SSSR count). The Bertz CT molecular complexity index is 505. The number of carbonyl (C=O) groups excluding carboxylic acids is 2. The summed E-state index contributed by atoms with van der Waals surface area (Å²) < 4.78 is 0. The first-order valence-electron chi connectivity index (χ1n) is 8.67. The monoisotopic (exact) mass is 316 g/mol. The van der Waals surface area contributed by atoms with Crippen LogP contribution in [0.5, 0.6) is 0 Å². The van der Waals surface area contributed by atoms with Gasteiger partial charge in [-0.3, -0.25) is 9.59 Å². The minimum atomic E-state index is -0.452. The van der Waals surface area contributed by atoms with E-state index in [-0.39, 0.29) is 5.91 Å². The Morgan fingerprint density at radius 1 is 1.17 bits per heavy atom. The van der Waals surface area contributed by atoms with Gasteiger partial charge in [0.15, 0.2) is 0 Å². The smallest absolute Gasteiger partial charge is 0.311 e. The molecule has 1 saturated heterocycles. The van der Waals surface area contributed by atoms with Gasteiger partial charge in [0.1, 0.15) is 0 Å². The molecule has 0 bridgehead atoms. The van der Waals surface area contributed by atoms with Gasteiger partial charge < -0.3 is 10.2 Å². The van der Waals surface area contributed by atoms with Gasteiger partial charge in [0.25, 0.3) is 0 Å². The Kier molecular flexibility index (Phi) is 6.63. The van der Waals surface area contributed by atoms with Gasteiger partial charge in [0.05, 0.1) is 0 Å². The Morgan fingerprint density at radius 2 is 1.83 bits per heavy atom. The average molecular weight is 316 g/mol. The normalized spacial score (nSPS) is 15.7. The number of carbonyl (C=O) groups is 2. The van der Waals surface area contributed by atoms with Crippen molar-refractivity contribution >= 4 is 11.8 Å².